The number of hydrogen-bond donors (Lipinski definition) is 4. The highest BCUT2D eigenvalue weighted by atomic mass is 15.3. The molecule has 4 aliphatic rings. The fourth-order valence-corrected chi connectivity index (χ4v) is 6.47. The monoisotopic (exact) mass is 377 g/mol. The van der Waals surface area contributed by atoms with Gasteiger partial charge >= 0.3 is 0 Å². The molecule has 0 aromatic carbocycles. The summed E-state index contributed by atoms with van der Waals surface area (Å²) in [4.78, 5) is 2.83. The smallest absolute Gasteiger partial charge is 0.0486 e. The highest BCUT2D eigenvalue weighted by Crippen LogP contribution is 2.42. The van der Waals surface area contributed by atoms with E-state index in [-0.39, 0.29) is 0 Å². The van der Waals surface area contributed by atoms with Crippen molar-refractivity contribution in [3.63, 3.8) is 0 Å². The number of nitrogens with one attached hydrogen (secondary N) is 3. The summed E-state index contributed by atoms with van der Waals surface area (Å²) in [5.74, 6) is 3.80. The van der Waals surface area contributed by atoms with Crippen molar-refractivity contribution in [1.29, 1.82) is 0 Å². The molecule has 27 heavy (non-hydrogen) atoms. The maximum atomic E-state index is 5.60. The minimum atomic E-state index is 0.766. The maximum Gasteiger partial charge on any atom is 0.0486 e. The van der Waals surface area contributed by atoms with E-state index >= 15 is 0 Å². The second-order valence-electron chi connectivity index (χ2n) is 9.85. The number of rotatable bonds is 7. The van der Waals surface area contributed by atoms with E-state index in [1.54, 1.807) is 0 Å². The average Bonchev–Trinajstić information content (AvgIpc) is 3.11. The molecular weight excluding hydrogens is 334 g/mol. The molecule has 2 aliphatic carbocycles. The first-order valence-electron chi connectivity index (χ1n) is 11.9. The molecule has 0 spiro atoms. The minimum absolute atomic E-state index is 0.766. The van der Waals surface area contributed by atoms with Gasteiger partial charge in [0.05, 0.1) is 0 Å². The Kier molecular flexibility index (Phi) is 7.45. The Morgan fingerprint density at radius 1 is 0.889 bits per heavy atom. The molecule has 2 heterocycles. The van der Waals surface area contributed by atoms with Gasteiger partial charge in [0.2, 0.25) is 0 Å². The van der Waals surface area contributed by atoms with Gasteiger partial charge in [-0.2, -0.15) is 0 Å². The van der Waals surface area contributed by atoms with Gasteiger partial charge in [-0.05, 0) is 101 Å². The summed E-state index contributed by atoms with van der Waals surface area (Å²) in [7, 11) is 0. The summed E-state index contributed by atoms with van der Waals surface area (Å²) >= 11 is 0. The molecule has 2 saturated heterocycles. The Hall–Kier alpha value is -0.200. The normalized spacial score (nSPS) is 38.8. The molecule has 5 nitrogen and oxygen atoms in total. The summed E-state index contributed by atoms with van der Waals surface area (Å²) in [6.45, 7) is 7.87. The summed E-state index contributed by atoms with van der Waals surface area (Å²) in [5.41, 5.74) is 5.60. The van der Waals surface area contributed by atoms with Gasteiger partial charge < -0.3 is 16.4 Å². The van der Waals surface area contributed by atoms with Crippen molar-refractivity contribution in [3.05, 3.63) is 0 Å². The number of piperidine rings is 1. The quantitative estimate of drug-likeness (QED) is 0.509. The lowest BCUT2D eigenvalue weighted by Gasteiger charge is -2.42. The number of hydrogen-bond acceptors (Lipinski definition) is 5. The van der Waals surface area contributed by atoms with Crippen LogP contribution in [0.25, 0.3) is 0 Å². The largest absolute Gasteiger partial charge is 0.329 e. The first-order valence-corrected chi connectivity index (χ1v) is 11.9. The van der Waals surface area contributed by atoms with E-state index in [2.05, 4.69) is 20.9 Å². The molecule has 5 N–H and O–H groups in total. The molecule has 3 atom stereocenters. The molecule has 0 radical (unpaired) electrons. The Bertz CT molecular complexity index is 430. The number of nitrogens with zero attached hydrogens (tertiary/aromatic N) is 1. The number of fused-ring (bicyclic) bond motifs is 1. The van der Waals surface area contributed by atoms with Crippen LogP contribution in [-0.4, -0.2) is 62.9 Å². The maximum absolute atomic E-state index is 5.60. The predicted octanol–water partition coefficient (Wildman–Crippen LogP) is 1.74. The molecular formula is C22H43N5. The van der Waals surface area contributed by atoms with Gasteiger partial charge in [-0.3, -0.25) is 10.2 Å². The van der Waals surface area contributed by atoms with E-state index in [9.17, 15) is 0 Å². The average molecular weight is 378 g/mol. The molecule has 0 aromatic rings. The van der Waals surface area contributed by atoms with Gasteiger partial charge in [-0.15, -0.1) is 0 Å². The van der Waals surface area contributed by atoms with Crippen LogP contribution in [0, 0.1) is 23.7 Å². The lowest BCUT2D eigenvalue weighted by molar-refractivity contribution is 0.0988. The van der Waals surface area contributed by atoms with Crippen molar-refractivity contribution >= 4 is 0 Å². The van der Waals surface area contributed by atoms with E-state index in [0.717, 1.165) is 55.5 Å². The Labute approximate surface area is 166 Å². The van der Waals surface area contributed by atoms with Gasteiger partial charge in [0.25, 0.3) is 0 Å². The SMILES string of the molecule is NCCNCC1CCC(C2CCC3NCN(CC4CCNCC4)C3C2)CC1. The number of nitrogens with two attached hydrogens (primary N) is 1. The zero-order valence-corrected chi connectivity index (χ0v) is 17.3. The fraction of sp³-hybridized carbons (Fsp3) is 1.00. The third-order valence-electron chi connectivity index (χ3n) is 8.15. The molecule has 4 rings (SSSR count). The van der Waals surface area contributed by atoms with Crippen LogP contribution in [0.1, 0.15) is 57.8 Å². The van der Waals surface area contributed by atoms with Crippen LogP contribution in [-0.2, 0) is 0 Å². The van der Waals surface area contributed by atoms with Crippen LogP contribution >= 0.6 is 0 Å². The van der Waals surface area contributed by atoms with Gasteiger partial charge in [0.15, 0.2) is 0 Å². The van der Waals surface area contributed by atoms with Crippen LogP contribution < -0.4 is 21.7 Å². The van der Waals surface area contributed by atoms with Gasteiger partial charge in [0.1, 0.15) is 0 Å². The van der Waals surface area contributed by atoms with Crippen LogP contribution in [0.4, 0.5) is 0 Å². The minimum Gasteiger partial charge on any atom is -0.329 e. The Morgan fingerprint density at radius 3 is 2.44 bits per heavy atom. The van der Waals surface area contributed by atoms with Gasteiger partial charge in [-0.1, -0.05) is 0 Å². The molecule has 4 fully saturated rings. The lowest BCUT2D eigenvalue weighted by Crippen LogP contribution is -2.45. The van der Waals surface area contributed by atoms with Crippen LogP contribution in [0.2, 0.25) is 0 Å². The molecule has 0 aromatic heterocycles. The third kappa shape index (κ3) is 5.24. The first kappa shape index (κ1) is 20.1. The summed E-state index contributed by atoms with van der Waals surface area (Å²) in [6, 6.07) is 1.60. The second kappa shape index (κ2) is 10.0. The predicted molar refractivity (Wildman–Crippen MR) is 113 cm³/mol. The zero-order valence-electron chi connectivity index (χ0n) is 17.3. The molecule has 3 unspecified atom stereocenters. The van der Waals surface area contributed by atoms with Crippen molar-refractivity contribution in [2.45, 2.75) is 69.9 Å². The highest BCUT2D eigenvalue weighted by molar-refractivity contribution is 4.98. The third-order valence-corrected chi connectivity index (χ3v) is 8.15. The molecule has 156 valence electrons. The van der Waals surface area contributed by atoms with Crippen molar-refractivity contribution < 1.29 is 0 Å². The van der Waals surface area contributed by atoms with Crippen molar-refractivity contribution in [2.75, 3.05) is 45.9 Å². The van der Waals surface area contributed by atoms with E-state index in [0.29, 0.717) is 0 Å². The van der Waals surface area contributed by atoms with Crippen molar-refractivity contribution in [1.82, 2.24) is 20.9 Å². The topological polar surface area (TPSA) is 65.3 Å². The summed E-state index contributed by atoms with van der Waals surface area (Å²) in [6.07, 6.45) is 12.9. The van der Waals surface area contributed by atoms with Crippen molar-refractivity contribution in [2.24, 2.45) is 29.4 Å². The van der Waals surface area contributed by atoms with Crippen LogP contribution in [0.3, 0.4) is 0 Å². The van der Waals surface area contributed by atoms with Crippen LogP contribution in [0.15, 0.2) is 0 Å². The standard InChI is InChI=1S/C22H43N5/c23-9-12-25-14-17-1-3-19(4-2-17)20-5-6-21-22(13-20)27(16-26-21)15-18-7-10-24-11-8-18/h17-22,24-26H,1-16,23H2. The zero-order chi connectivity index (χ0) is 18.5. The van der Waals surface area contributed by atoms with E-state index < -0.39 is 0 Å². The van der Waals surface area contributed by atoms with E-state index in [1.165, 1.54) is 84.0 Å². The van der Waals surface area contributed by atoms with E-state index in [4.69, 9.17) is 5.73 Å². The Balaban J connectivity index is 1.24. The van der Waals surface area contributed by atoms with Crippen molar-refractivity contribution in [3.8, 4) is 0 Å². The van der Waals surface area contributed by atoms with Gasteiger partial charge in [0, 0.05) is 38.4 Å². The second-order valence-corrected chi connectivity index (χ2v) is 9.85. The molecule has 2 aliphatic heterocycles. The molecule has 2 saturated carbocycles. The molecule has 0 bridgehead atoms. The Morgan fingerprint density at radius 2 is 1.67 bits per heavy atom. The van der Waals surface area contributed by atoms with Gasteiger partial charge in [-0.25, -0.2) is 0 Å². The van der Waals surface area contributed by atoms with E-state index in [1.807, 2.05) is 0 Å². The molecule has 5 heteroatoms. The summed E-state index contributed by atoms with van der Waals surface area (Å²) < 4.78 is 0. The van der Waals surface area contributed by atoms with Crippen LogP contribution in [0.5, 0.6) is 0 Å². The summed E-state index contributed by atoms with van der Waals surface area (Å²) in [5, 5.41) is 10.9. The highest BCUT2D eigenvalue weighted by Gasteiger charge is 2.41. The fourth-order valence-electron chi connectivity index (χ4n) is 6.47. The molecule has 0 amide bonds. The first-order chi connectivity index (χ1) is 13.3. The lowest BCUT2D eigenvalue weighted by atomic mass is 9.69.